The van der Waals surface area contributed by atoms with Crippen molar-refractivity contribution in [3.05, 3.63) is 57.3 Å². The van der Waals surface area contributed by atoms with Gasteiger partial charge in [-0.15, -0.1) is 23.1 Å². The summed E-state index contributed by atoms with van der Waals surface area (Å²) in [4.78, 5) is 12.8. The lowest BCUT2D eigenvalue weighted by molar-refractivity contribution is -0.131. The van der Waals surface area contributed by atoms with E-state index in [1.165, 1.54) is 4.88 Å². The van der Waals surface area contributed by atoms with E-state index in [0.29, 0.717) is 0 Å². The summed E-state index contributed by atoms with van der Waals surface area (Å²) in [6.45, 7) is 0. The van der Waals surface area contributed by atoms with E-state index in [0.717, 1.165) is 27.3 Å². The van der Waals surface area contributed by atoms with Crippen LogP contribution in [0.5, 0.6) is 0 Å². The molecule has 0 unspecified atom stereocenters. The Morgan fingerprint density at radius 3 is 3.00 bits per heavy atom. The fourth-order valence-electron chi connectivity index (χ4n) is 1.44. The van der Waals surface area contributed by atoms with E-state index < -0.39 is 5.97 Å². The van der Waals surface area contributed by atoms with Gasteiger partial charge in [-0.1, -0.05) is 17.7 Å². The first-order chi connectivity index (χ1) is 9.13. The number of carboxylic acids is 1. The lowest BCUT2D eigenvalue weighted by atomic mass is 10.3. The summed E-state index contributed by atoms with van der Waals surface area (Å²) in [6, 6.07) is 9.74. The van der Waals surface area contributed by atoms with E-state index in [-0.39, 0.29) is 0 Å². The normalized spacial score (nSPS) is 11.0. The van der Waals surface area contributed by atoms with Gasteiger partial charge in [-0.2, -0.15) is 0 Å². The summed E-state index contributed by atoms with van der Waals surface area (Å²) in [5.41, 5.74) is 0.925. The first-order valence-electron chi connectivity index (χ1n) is 5.50. The van der Waals surface area contributed by atoms with E-state index in [1.54, 1.807) is 29.2 Å². The zero-order chi connectivity index (χ0) is 13.7. The number of carbonyl (C=O) groups is 1. The van der Waals surface area contributed by atoms with Crippen molar-refractivity contribution in [2.75, 3.05) is 0 Å². The highest BCUT2D eigenvalue weighted by Crippen LogP contribution is 2.28. The highest BCUT2D eigenvalue weighted by Gasteiger charge is 2.01. The zero-order valence-corrected chi connectivity index (χ0v) is 12.3. The van der Waals surface area contributed by atoms with Gasteiger partial charge in [0.1, 0.15) is 0 Å². The van der Waals surface area contributed by atoms with E-state index in [1.807, 2.05) is 35.7 Å². The van der Waals surface area contributed by atoms with Gasteiger partial charge in [-0.3, -0.25) is 0 Å². The maximum Gasteiger partial charge on any atom is 0.328 e. The molecular formula is C14H11ClO2S2. The second-order valence-corrected chi connectivity index (χ2v) is 6.24. The van der Waals surface area contributed by atoms with Crippen LogP contribution in [0, 0.1) is 0 Å². The van der Waals surface area contributed by atoms with E-state index >= 15 is 0 Å². The molecule has 0 amide bonds. The number of thiophene rings is 1. The van der Waals surface area contributed by atoms with Crippen molar-refractivity contribution in [1.82, 2.24) is 0 Å². The van der Waals surface area contributed by atoms with Crippen LogP contribution in [0.2, 0.25) is 5.02 Å². The maximum atomic E-state index is 10.4. The summed E-state index contributed by atoms with van der Waals surface area (Å²) in [5.74, 6) is -0.0765. The van der Waals surface area contributed by atoms with E-state index in [2.05, 4.69) is 0 Å². The SMILES string of the molecule is O=C(O)C=Cc1csc(CSc2cccc(Cl)c2)c1. The van der Waals surface area contributed by atoms with Crippen molar-refractivity contribution < 1.29 is 9.90 Å². The lowest BCUT2D eigenvalue weighted by Crippen LogP contribution is -1.84. The van der Waals surface area contributed by atoms with Gasteiger partial charge in [0, 0.05) is 26.6 Å². The quantitative estimate of drug-likeness (QED) is 0.637. The second-order valence-electron chi connectivity index (χ2n) is 3.76. The summed E-state index contributed by atoms with van der Waals surface area (Å²) in [7, 11) is 0. The molecule has 1 aromatic carbocycles. The van der Waals surface area contributed by atoms with Crippen molar-refractivity contribution in [2.24, 2.45) is 0 Å². The summed E-state index contributed by atoms with van der Waals surface area (Å²) in [5, 5.41) is 11.2. The molecule has 0 aliphatic carbocycles. The monoisotopic (exact) mass is 310 g/mol. The Bertz CT molecular complexity index is 605. The Kier molecular flexibility index (Phi) is 5.07. The van der Waals surface area contributed by atoms with Crippen molar-refractivity contribution in [1.29, 1.82) is 0 Å². The third-order valence-electron chi connectivity index (χ3n) is 2.27. The predicted octanol–water partition coefficient (Wildman–Crippen LogP) is 4.79. The Labute approximate surface area is 124 Å². The molecule has 2 rings (SSSR count). The average Bonchev–Trinajstić information content (AvgIpc) is 2.82. The highest BCUT2D eigenvalue weighted by atomic mass is 35.5. The molecule has 19 heavy (non-hydrogen) atoms. The number of aliphatic carboxylic acids is 1. The molecule has 2 nitrogen and oxygen atoms in total. The lowest BCUT2D eigenvalue weighted by Gasteiger charge is -1.99. The molecule has 1 aromatic heterocycles. The molecule has 0 aliphatic rings. The standard InChI is InChI=1S/C14H11ClO2S2/c15-11-2-1-3-12(7-11)19-9-13-6-10(8-18-13)4-5-14(16)17/h1-8H,9H2,(H,16,17). The number of carboxylic acid groups (broad SMARTS) is 1. The van der Waals surface area contributed by atoms with Crippen LogP contribution in [0.4, 0.5) is 0 Å². The Morgan fingerprint density at radius 2 is 2.26 bits per heavy atom. The van der Waals surface area contributed by atoms with Gasteiger partial charge >= 0.3 is 5.97 Å². The number of hydrogen-bond acceptors (Lipinski definition) is 3. The van der Waals surface area contributed by atoms with Crippen LogP contribution in [0.1, 0.15) is 10.4 Å². The fourth-order valence-corrected chi connectivity index (χ4v) is 3.56. The minimum absolute atomic E-state index is 0.737. The molecule has 0 saturated carbocycles. The molecule has 1 N–H and O–H groups in total. The van der Waals surface area contributed by atoms with Crippen LogP contribution in [0.15, 0.2) is 46.7 Å². The first kappa shape index (κ1) is 14.2. The Morgan fingerprint density at radius 1 is 1.42 bits per heavy atom. The Balaban J connectivity index is 1.95. The van der Waals surface area contributed by atoms with Crippen LogP contribution in [-0.2, 0) is 10.5 Å². The van der Waals surface area contributed by atoms with Gasteiger partial charge < -0.3 is 5.11 Å². The van der Waals surface area contributed by atoms with E-state index in [9.17, 15) is 4.79 Å². The molecule has 0 atom stereocenters. The molecular weight excluding hydrogens is 300 g/mol. The van der Waals surface area contributed by atoms with Crippen LogP contribution < -0.4 is 0 Å². The van der Waals surface area contributed by atoms with Crippen molar-refractivity contribution >= 4 is 46.7 Å². The minimum atomic E-state index is -0.930. The van der Waals surface area contributed by atoms with Crippen molar-refractivity contribution in [3.8, 4) is 0 Å². The summed E-state index contributed by atoms with van der Waals surface area (Å²) >= 11 is 9.26. The fraction of sp³-hybridized carbons (Fsp3) is 0.0714. The number of rotatable bonds is 5. The molecule has 2 aromatic rings. The van der Waals surface area contributed by atoms with Crippen LogP contribution in [0.3, 0.4) is 0 Å². The largest absolute Gasteiger partial charge is 0.478 e. The summed E-state index contributed by atoms with van der Waals surface area (Å²) in [6.07, 6.45) is 2.75. The molecule has 0 saturated heterocycles. The van der Waals surface area contributed by atoms with Gasteiger partial charge in [-0.05, 0) is 41.3 Å². The van der Waals surface area contributed by atoms with Crippen LogP contribution in [0.25, 0.3) is 6.08 Å². The summed E-state index contributed by atoms with van der Waals surface area (Å²) < 4.78 is 0. The molecule has 0 spiro atoms. The molecule has 0 aliphatic heterocycles. The molecule has 1 heterocycles. The van der Waals surface area contributed by atoms with Gasteiger partial charge in [-0.25, -0.2) is 4.79 Å². The number of benzene rings is 1. The molecule has 98 valence electrons. The zero-order valence-electron chi connectivity index (χ0n) is 9.88. The number of thioether (sulfide) groups is 1. The predicted molar refractivity (Wildman–Crippen MR) is 82.0 cm³/mol. The van der Waals surface area contributed by atoms with Crippen LogP contribution in [-0.4, -0.2) is 11.1 Å². The van der Waals surface area contributed by atoms with Gasteiger partial charge in [0.25, 0.3) is 0 Å². The smallest absolute Gasteiger partial charge is 0.328 e. The van der Waals surface area contributed by atoms with E-state index in [4.69, 9.17) is 16.7 Å². The third kappa shape index (κ3) is 4.74. The number of hydrogen-bond donors (Lipinski definition) is 1. The van der Waals surface area contributed by atoms with Crippen molar-refractivity contribution in [2.45, 2.75) is 10.6 Å². The average molecular weight is 311 g/mol. The molecule has 5 heteroatoms. The first-order valence-corrected chi connectivity index (χ1v) is 7.74. The molecule has 0 radical (unpaired) electrons. The van der Waals surface area contributed by atoms with Gasteiger partial charge in [0.15, 0.2) is 0 Å². The maximum absolute atomic E-state index is 10.4. The van der Waals surface area contributed by atoms with Gasteiger partial charge in [0.2, 0.25) is 0 Å². The molecule has 0 bridgehead atoms. The third-order valence-corrected chi connectivity index (χ3v) is 4.68. The second kappa shape index (κ2) is 6.80. The van der Waals surface area contributed by atoms with Crippen LogP contribution >= 0.6 is 34.7 Å². The Hall–Kier alpha value is -1.23. The topological polar surface area (TPSA) is 37.3 Å². The minimum Gasteiger partial charge on any atom is -0.478 e. The number of halogens is 1. The molecule has 0 fully saturated rings. The highest BCUT2D eigenvalue weighted by molar-refractivity contribution is 7.98. The van der Waals surface area contributed by atoms with Crippen molar-refractivity contribution in [3.63, 3.8) is 0 Å². The van der Waals surface area contributed by atoms with Gasteiger partial charge in [0.05, 0.1) is 0 Å².